The van der Waals surface area contributed by atoms with E-state index in [1.165, 1.54) is 38.1 Å². The molecule has 1 saturated heterocycles. The molecule has 0 bridgehead atoms. The summed E-state index contributed by atoms with van der Waals surface area (Å²) in [5, 5.41) is 4.77. The summed E-state index contributed by atoms with van der Waals surface area (Å²) in [5.74, 6) is 3.04. The third kappa shape index (κ3) is 2.90. The van der Waals surface area contributed by atoms with Crippen molar-refractivity contribution in [2.45, 2.75) is 77.9 Å². The van der Waals surface area contributed by atoms with E-state index < -0.39 is 0 Å². The molecular formula is C16H28N4. The fourth-order valence-electron chi connectivity index (χ4n) is 3.74. The first-order chi connectivity index (χ1) is 9.63. The zero-order chi connectivity index (χ0) is 14.1. The van der Waals surface area contributed by atoms with Crippen LogP contribution in [0.4, 0.5) is 0 Å². The maximum Gasteiger partial charge on any atom is 0.152 e. The van der Waals surface area contributed by atoms with E-state index >= 15 is 0 Å². The van der Waals surface area contributed by atoms with Gasteiger partial charge in [-0.15, -0.1) is 0 Å². The summed E-state index contributed by atoms with van der Waals surface area (Å²) in [6.07, 6.45) is 7.41. The number of hydrogen-bond donors (Lipinski definition) is 0. The van der Waals surface area contributed by atoms with E-state index in [1.807, 2.05) is 0 Å². The predicted molar refractivity (Wildman–Crippen MR) is 80.7 cm³/mol. The zero-order valence-electron chi connectivity index (χ0n) is 13.2. The molecule has 2 unspecified atom stereocenters. The Kier molecular flexibility index (Phi) is 4.11. The summed E-state index contributed by atoms with van der Waals surface area (Å²) < 4.78 is 2.16. The van der Waals surface area contributed by atoms with Gasteiger partial charge in [-0.3, -0.25) is 4.90 Å². The number of nitrogens with zero attached hydrogens (tertiary/aromatic N) is 4. The molecule has 0 aliphatic carbocycles. The number of rotatable bonds is 3. The second kappa shape index (κ2) is 5.84. The molecule has 1 aromatic heterocycles. The van der Waals surface area contributed by atoms with Crippen LogP contribution in [0.1, 0.15) is 58.1 Å². The van der Waals surface area contributed by atoms with E-state index in [0.717, 1.165) is 31.1 Å². The molecule has 2 atom stereocenters. The van der Waals surface area contributed by atoms with Gasteiger partial charge in [-0.25, -0.2) is 9.67 Å². The number of aromatic nitrogens is 3. The van der Waals surface area contributed by atoms with Crippen LogP contribution in [0, 0.1) is 5.92 Å². The standard InChI is InChI=1S/C16H28N4/c1-12(2)19-9-5-4-6-14(19)10-15-17-16-8-7-13(3)11-20(16)18-15/h12-14H,4-11H2,1-3H3. The zero-order valence-corrected chi connectivity index (χ0v) is 13.2. The van der Waals surface area contributed by atoms with Crippen LogP contribution in [0.15, 0.2) is 0 Å². The summed E-state index contributed by atoms with van der Waals surface area (Å²) in [4.78, 5) is 7.44. The summed E-state index contributed by atoms with van der Waals surface area (Å²) in [6.45, 7) is 9.23. The maximum atomic E-state index is 4.80. The van der Waals surface area contributed by atoms with Crippen LogP contribution in [0.2, 0.25) is 0 Å². The smallest absolute Gasteiger partial charge is 0.152 e. The van der Waals surface area contributed by atoms with Crippen molar-refractivity contribution in [1.29, 1.82) is 0 Å². The Morgan fingerprint density at radius 2 is 2.10 bits per heavy atom. The van der Waals surface area contributed by atoms with Crippen molar-refractivity contribution in [3.05, 3.63) is 11.6 Å². The number of piperidine rings is 1. The Morgan fingerprint density at radius 3 is 2.90 bits per heavy atom. The molecule has 4 heteroatoms. The fraction of sp³-hybridized carbons (Fsp3) is 0.875. The first-order valence-electron chi connectivity index (χ1n) is 8.32. The van der Waals surface area contributed by atoms with Crippen molar-refractivity contribution in [3.8, 4) is 0 Å². The van der Waals surface area contributed by atoms with Crippen molar-refractivity contribution in [3.63, 3.8) is 0 Å². The SMILES string of the molecule is CC1CCc2nc(CC3CCCCN3C(C)C)nn2C1. The average molecular weight is 276 g/mol. The van der Waals surface area contributed by atoms with Crippen LogP contribution in [0.25, 0.3) is 0 Å². The average Bonchev–Trinajstić information content (AvgIpc) is 2.80. The van der Waals surface area contributed by atoms with Crippen LogP contribution < -0.4 is 0 Å². The van der Waals surface area contributed by atoms with Crippen molar-refractivity contribution in [2.24, 2.45) is 5.92 Å². The minimum absolute atomic E-state index is 0.637. The molecule has 20 heavy (non-hydrogen) atoms. The first-order valence-corrected chi connectivity index (χ1v) is 8.32. The largest absolute Gasteiger partial charge is 0.298 e. The number of fused-ring (bicyclic) bond motifs is 1. The number of likely N-dealkylation sites (tertiary alicyclic amines) is 1. The minimum atomic E-state index is 0.637. The Morgan fingerprint density at radius 1 is 1.25 bits per heavy atom. The Balaban J connectivity index is 1.70. The van der Waals surface area contributed by atoms with Gasteiger partial charge in [0.25, 0.3) is 0 Å². The maximum absolute atomic E-state index is 4.80. The van der Waals surface area contributed by atoms with E-state index in [2.05, 4.69) is 30.4 Å². The van der Waals surface area contributed by atoms with Gasteiger partial charge in [-0.1, -0.05) is 13.3 Å². The third-order valence-corrected chi connectivity index (χ3v) is 4.89. The van der Waals surface area contributed by atoms with Gasteiger partial charge in [0.05, 0.1) is 0 Å². The molecule has 112 valence electrons. The molecule has 0 radical (unpaired) electrons. The van der Waals surface area contributed by atoms with E-state index in [4.69, 9.17) is 10.1 Å². The molecule has 1 aromatic rings. The summed E-state index contributed by atoms with van der Waals surface area (Å²) in [6, 6.07) is 1.28. The predicted octanol–water partition coefficient (Wildman–Crippen LogP) is 2.67. The topological polar surface area (TPSA) is 34.0 Å². The molecule has 0 saturated carbocycles. The molecule has 0 aromatic carbocycles. The molecular weight excluding hydrogens is 248 g/mol. The van der Waals surface area contributed by atoms with Gasteiger partial charge < -0.3 is 0 Å². The van der Waals surface area contributed by atoms with Gasteiger partial charge in [0.15, 0.2) is 5.82 Å². The molecule has 2 aliphatic heterocycles. The van der Waals surface area contributed by atoms with E-state index in [1.54, 1.807) is 0 Å². The number of hydrogen-bond acceptors (Lipinski definition) is 3. The monoisotopic (exact) mass is 276 g/mol. The normalized spacial score (nSPS) is 27.8. The fourth-order valence-corrected chi connectivity index (χ4v) is 3.74. The van der Waals surface area contributed by atoms with E-state index in [0.29, 0.717) is 12.1 Å². The number of aryl methyl sites for hydroxylation is 1. The molecule has 4 nitrogen and oxygen atoms in total. The van der Waals surface area contributed by atoms with Gasteiger partial charge in [-0.05, 0) is 45.6 Å². The summed E-state index contributed by atoms with van der Waals surface area (Å²) in [5.41, 5.74) is 0. The highest BCUT2D eigenvalue weighted by Gasteiger charge is 2.27. The first kappa shape index (κ1) is 14.1. The van der Waals surface area contributed by atoms with Gasteiger partial charge in [0.2, 0.25) is 0 Å². The van der Waals surface area contributed by atoms with Gasteiger partial charge in [0.1, 0.15) is 5.82 Å². The lowest BCUT2D eigenvalue weighted by molar-refractivity contribution is 0.110. The Labute approximate surface area is 122 Å². The molecule has 1 fully saturated rings. The third-order valence-electron chi connectivity index (χ3n) is 4.89. The van der Waals surface area contributed by atoms with Crippen LogP contribution in [-0.2, 0) is 19.4 Å². The van der Waals surface area contributed by atoms with Gasteiger partial charge in [-0.2, -0.15) is 5.10 Å². The van der Waals surface area contributed by atoms with Gasteiger partial charge >= 0.3 is 0 Å². The van der Waals surface area contributed by atoms with E-state index in [-0.39, 0.29) is 0 Å². The highest BCUT2D eigenvalue weighted by Crippen LogP contribution is 2.23. The lowest BCUT2D eigenvalue weighted by Gasteiger charge is -2.38. The van der Waals surface area contributed by atoms with Crippen LogP contribution in [0.5, 0.6) is 0 Å². The Hall–Kier alpha value is -0.900. The van der Waals surface area contributed by atoms with Crippen molar-refractivity contribution >= 4 is 0 Å². The minimum Gasteiger partial charge on any atom is -0.298 e. The second-order valence-electron chi connectivity index (χ2n) is 6.96. The molecule has 3 rings (SSSR count). The quantitative estimate of drug-likeness (QED) is 0.851. The molecule has 3 heterocycles. The molecule has 2 aliphatic rings. The van der Waals surface area contributed by atoms with Crippen molar-refractivity contribution in [2.75, 3.05) is 6.54 Å². The van der Waals surface area contributed by atoms with Crippen LogP contribution in [0.3, 0.4) is 0 Å². The Bertz CT molecular complexity index is 451. The molecule has 0 amide bonds. The van der Waals surface area contributed by atoms with Crippen LogP contribution in [-0.4, -0.2) is 38.3 Å². The van der Waals surface area contributed by atoms with Crippen molar-refractivity contribution in [1.82, 2.24) is 19.7 Å². The lowest BCUT2D eigenvalue weighted by atomic mass is 9.97. The lowest BCUT2D eigenvalue weighted by Crippen LogP contribution is -2.45. The molecule has 0 N–H and O–H groups in total. The summed E-state index contributed by atoms with van der Waals surface area (Å²) in [7, 11) is 0. The second-order valence-corrected chi connectivity index (χ2v) is 6.96. The summed E-state index contributed by atoms with van der Waals surface area (Å²) >= 11 is 0. The van der Waals surface area contributed by atoms with Crippen molar-refractivity contribution < 1.29 is 0 Å². The highest BCUT2D eigenvalue weighted by molar-refractivity contribution is 4.99. The highest BCUT2D eigenvalue weighted by atomic mass is 15.4. The molecule has 0 spiro atoms. The van der Waals surface area contributed by atoms with Crippen LogP contribution >= 0.6 is 0 Å². The van der Waals surface area contributed by atoms with Gasteiger partial charge in [0, 0.05) is 31.5 Å². The van der Waals surface area contributed by atoms with E-state index in [9.17, 15) is 0 Å².